The number of ketones is 1. The standard InChI is InChI=1S/C15H20N2O3/c1-3-16(12-6-4-5-7-12)13-8-9-14(11(2)18)15(10-13)17(19)20/h8-10,12H,3-7H2,1-2H3. The van der Waals surface area contributed by atoms with Gasteiger partial charge in [-0.25, -0.2) is 0 Å². The fraction of sp³-hybridized carbons (Fsp3) is 0.533. The van der Waals surface area contributed by atoms with Crippen LogP contribution in [0.25, 0.3) is 0 Å². The molecule has 1 fully saturated rings. The van der Waals surface area contributed by atoms with E-state index < -0.39 is 4.92 Å². The third-order valence-electron chi connectivity index (χ3n) is 4.00. The first-order valence-electron chi connectivity index (χ1n) is 7.10. The van der Waals surface area contributed by atoms with E-state index in [2.05, 4.69) is 11.8 Å². The monoisotopic (exact) mass is 276 g/mol. The van der Waals surface area contributed by atoms with Crippen LogP contribution in [-0.4, -0.2) is 23.3 Å². The molecular formula is C15H20N2O3. The molecule has 0 spiro atoms. The normalized spacial score (nSPS) is 15.3. The minimum Gasteiger partial charge on any atom is -0.369 e. The van der Waals surface area contributed by atoms with Crippen LogP contribution in [0.4, 0.5) is 11.4 Å². The number of nitro groups is 1. The number of benzene rings is 1. The van der Waals surface area contributed by atoms with Crippen LogP contribution in [0.3, 0.4) is 0 Å². The number of carbonyl (C=O) groups excluding carboxylic acids is 1. The summed E-state index contributed by atoms with van der Waals surface area (Å²) < 4.78 is 0. The second-order valence-electron chi connectivity index (χ2n) is 5.24. The van der Waals surface area contributed by atoms with Gasteiger partial charge < -0.3 is 4.90 Å². The number of hydrogen-bond donors (Lipinski definition) is 0. The van der Waals surface area contributed by atoms with Crippen molar-refractivity contribution in [2.24, 2.45) is 0 Å². The van der Waals surface area contributed by atoms with Gasteiger partial charge >= 0.3 is 0 Å². The second kappa shape index (κ2) is 6.03. The van der Waals surface area contributed by atoms with Crippen molar-refractivity contribution in [3.05, 3.63) is 33.9 Å². The SMILES string of the molecule is CCN(c1ccc(C(C)=O)c([N+](=O)[O-])c1)C1CCCC1. The van der Waals surface area contributed by atoms with Crippen LogP contribution in [0, 0.1) is 10.1 Å². The summed E-state index contributed by atoms with van der Waals surface area (Å²) in [7, 11) is 0. The van der Waals surface area contributed by atoms with Crippen molar-refractivity contribution in [1.82, 2.24) is 0 Å². The summed E-state index contributed by atoms with van der Waals surface area (Å²) in [5.41, 5.74) is 0.934. The van der Waals surface area contributed by atoms with Crippen LogP contribution in [0.1, 0.15) is 49.9 Å². The van der Waals surface area contributed by atoms with E-state index in [-0.39, 0.29) is 17.0 Å². The topological polar surface area (TPSA) is 63.5 Å². The fourth-order valence-corrected chi connectivity index (χ4v) is 3.01. The van der Waals surface area contributed by atoms with Crippen molar-refractivity contribution < 1.29 is 9.72 Å². The van der Waals surface area contributed by atoms with E-state index in [0.29, 0.717) is 6.04 Å². The molecule has 0 N–H and O–H groups in total. The van der Waals surface area contributed by atoms with Crippen molar-refractivity contribution in [2.75, 3.05) is 11.4 Å². The molecule has 0 aromatic heterocycles. The van der Waals surface area contributed by atoms with Gasteiger partial charge in [-0.1, -0.05) is 12.8 Å². The summed E-state index contributed by atoms with van der Waals surface area (Å²) in [5, 5.41) is 11.1. The first-order chi connectivity index (χ1) is 9.54. The lowest BCUT2D eigenvalue weighted by atomic mass is 10.1. The van der Waals surface area contributed by atoms with Crippen LogP contribution >= 0.6 is 0 Å². The maximum atomic E-state index is 11.5. The highest BCUT2D eigenvalue weighted by atomic mass is 16.6. The number of hydrogen-bond acceptors (Lipinski definition) is 4. The first-order valence-corrected chi connectivity index (χ1v) is 7.10. The average molecular weight is 276 g/mol. The van der Waals surface area contributed by atoms with E-state index in [0.717, 1.165) is 25.1 Å². The molecular weight excluding hydrogens is 256 g/mol. The summed E-state index contributed by atoms with van der Waals surface area (Å²) in [6, 6.07) is 5.40. The Labute approximate surface area is 118 Å². The smallest absolute Gasteiger partial charge is 0.282 e. The molecule has 0 bridgehead atoms. The Morgan fingerprint density at radius 2 is 2.05 bits per heavy atom. The zero-order valence-electron chi connectivity index (χ0n) is 12.0. The summed E-state index contributed by atoms with van der Waals surface area (Å²) in [6.07, 6.45) is 4.70. The highest BCUT2D eigenvalue weighted by Crippen LogP contribution is 2.31. The van der Waals surface area contributed by atoms with Crippen molar-refractivity contribution in [3.8, 4) is 0 Å². The second-order valence-corrected chi connectivity index (χ2v) is 5.24. The number of rotatable bonds is 5. The molecule has 1 saturated carbocycles. The van der Waals surface area contributed by atoms with Crippen LogP contribution in [-0.2, 0) is 0 Å². The lowest BCUT2D eigenvalue weighted by Gasteiger charge is -2.29. The summed E-state index contributed by atoms with van der Waals surface area (Å²) >= 11 is 0. The van der Waals surface area contributed by atoms with Crippen LogP contribution < -0.4 is 4.90 Å². The predicted octanol–water partition coefficient (Wildman–Crippen LogP) is 3.57. The number of Topliss-reactive ketones (excluding diaryl/α,β-unsaturated/α-hetero) is 1. The molecule has 2 rings (SSSR count). The Kier molecular flexibility index (Phi) is 4.37. The minimum atomic E-state index is -0.470. The molecule has 1 aromatic carbocycles. The van der Waals surface area contributed by atoms with E-state index in [1.54, 1.807) is 12.1 Å². The molecule has 0 aliphatic heterocycles. The Morgan fingerprint density at radius 3 is 2.55 bits per heavy atom. The van der Waals surface area contributed by atoms with Gasteiger partial charge in [0.05, 0.1) is 10.5 Å². The molecule has 5 nitrogen and oxygen atoms in total. The molecule has 0 heterocycles. The van der Waals surface area contributed by atoms with Gasteiger partial charge in [0.15, 0.2) is 5.78 Å². The molecule has 5 heteroatoms. The van der Waals surface area contributed by atoms with E-state index in [1.807, 2.05) is 6.07 Å². The predicted molar refractivity (Wildman–Crippen MR) is 78.4 cm³/mol. The van der Waals surface area contributed by atoms with Gasteiger partial charge in [-0.15, -0.1) is 0 Å². The van der Waals surface area contributed by atoms with Gasteiger partial charge in [-0.05, 0) is 38.8 Å². The van der Waals surface area contributed by atoms with E-state index in [9.17, 15) is 14.9 Å². The molecule has 1 aromatic rings. The number of carbonyl (C=O) groups is 1. The largest absolute Gasteiger partial charge is 0.369 e. The highest BCUT2D eigenvalue weighted by Gasteiger charge is 2.25. The average Bonchev–Trinajstić information content (AvgIpc) is 2.93. The first kappa shape index (κ1) is 14.5. The molecule has 108 valence electrons. The summed E-state index contributed by atoms with van der Waals surface area (Å²) in [4.78, 5) is 24.3. The van der Waals surface area contributed by atoms with Gasteiger partial charge in [0.2, 0.25) is 0 Å². The fourth-order valence-electron chi connectivity index (χ4n) is 3.01. The van der Waals surface area contributed by atoms with E-state index in [4.69, 9.17) is 0 Å². The van der Waals surface area contributed by atoms with E-state index >= 15 is 0 Å². The third-order valence-corrected chi connectivity index (χ3v) is 4.00. The van der Waals surface area contributed by atoms with Crippen molar-refractivity contribution in [1.29, 1.82) is 0 Å². The number of anilines is 1. The molecule has 1 aliphatic rings. The van der Waals surface area contributed by atoms with Gasteiger partial charge in [0.1, 0.15) is 0 Å². The Balaban J connectivity index is 2.38. The maximum Gasteiger partial charge on any atom is 0.282 e. The van der Waals surface area contributed by atoms with Crippen molar-refractivity contribution in [2.45, 2.75) is 45.6 Å². The minimum absolute atomic E-state index is 0.0913. The molecule has 0 saturated heterocycles. The zero-order chi connectivity index (χ0) is 14.7. The molecule has 1 aliphatic carbocycles. The number of nitro benzene ring substituents is 1. The lowest BCUT2D eigenvalue weighted by molar-refractivity contribution is -0.385. The number of nitrogens with zero attached hydrogens (tertiary/aromatic N) is 2. The van der Waals surface area contributed by atoms with Crippen molar-refractivity contribution in [3.63, 3.8) is 0 Å². The van der Waals surface area contributed by atoms with Crippen LogP contribution in [0.15, 0.2) is 18.2 Å². The maximum absolute atomic E-state index is 11.5. The third kappa shape index (κ3) is 2.81. The molecule has 0 amide bonds. The van der Waals surface area contributed by atoms with Gasteiger partial charge in [0.25, 0.3) is 5.69 Å². The Bertz CT molecular complexity index is 522. The molecule has 20 heavy (non-hydrogen) atoms. The molecule has 0 radical (unpaired) electrons. The lowest BCUT2D eigenvalue weighted by Crippen LogP contribution is -2.33. The van der Waals surface area contributed by atoms with Gasteiger partial charge in [-0.3, -0.25) is 14.9 Å². The zero-order valence-corrected chi connectivity index (χ0v) is 12.0. The molecule has 0 atom stereocenters. The summed E-state index contributed by atoms with van der Waals surface area (Å²) in [6.45, 7) is 4.24. The van der Waals surface area contributed by atoms with Crippen LogP contribution in [0.5, 0.6) is 0 Å². The highest BCUT2D eigenvalue weighted by molar-refractivity contribution is 5.98. The quantitative estimate of drug-likeness (QED) is 0.468. The molecule has 0 unspecified atom stereocenters. The van der Waals surface area contributed by atoms with Gasteiger partial charge in [-0.2, -0.15) is 0 Å². The summed E-state index contributed by atoms with van der Waals surface area (Å²) in [5.74, 6) is -0.271. The Hall–Kier alpha value is -1.91. The van der Waals surface area contributed by atoms with Gasteiger partial charge in [0, 0.05) is 24.3 Å². The van der Waals surface area contributed by atoms with Crippen molar-refractivity contribution >= 4 is 17.2 Å². The van der Waals surface area contributed by atoms with Crippen LogP contribution in [0.2, 0.25) is 0 Å². The van der Waals surface area contributed by atoms with E-state index in [1.165, 1.54) is 19.8 Å². The Morgan fingerprint density at radius 1 is 1.40 bits per heavy atom.